The lowest BCUT2D eigenvalue weighted by atomic mass is 10.2. The number of amides is 1. The predicted molar refractivity (Wildman–Crippen MR) is 81.4 cm³/mol. The normalized spacial score (nSPS) is 11.4. The van der Waals surface area contributed by atoms with Crippen molar-refractivity contribution in [3.05, 3.63) is 77.2 Å². The van der Waals surface area contributed by atoms with E-state index in [0.29, 0.717) is 5.56 Å². The number of hydrogen-bond donors (Lipinski definition) is 2. The van der Waals surface area contributed by atoms with Crippen molar-refractivity contribution in [2.24, 2.45) is 0 Å². The maximum Gasteiger partial charge on any atom is 0.266 e. The first-order valence-electron chi connectivity index (χ1n) is 6.17. The van der Waals surface area contributed by atoms with Crippen LogP contribution >= 0.6 is 0 Å². The lowest BCUT2D eigenvalue weighted by molar-refractivity contribution is 0.0945. The molecule has 0 atom stereocenters. The summed E-state index contributed by atoms with van der Waals surface area (Å²) in [5.74, 6) is -0.521. The van der Waals surface area contributed by atoms with E-state index < -0.39 is 15.9 Å². The zero-order chi connectivity index (χ0) is 15.1. The van der Waals surface area contributed by atoms with Gasteiger partial charge in [0.15, 0.2) is 0 Å². The Morgan fingerprint density at radius 3 is 2.10 bits per heavy atom. The van der Waals surface area contributed by atoms with Gasteiger partial charge in [-0.1, -0.05) is 48.5 Å². The highest BCUT2D eigenvalue weighted by Crippen LogP contribution is 2.02. The number of hydrazine groups is 1. The van der Waals surface area contributed by atoms with Crippen LogP contribution in [-0.4, -0.2) is 14.3 Å². The van der Waals surface area contributed by atoms with Crippen molar-refractivity contribution in [3.63, 3.8) is 0 Å². The molecule has 0 spiro atoms. The van der Waals surface area contributed by atoms with Crippen LogP contribution in [-0.2, 0) is 10.0 Å². The van der Waals surface area contributed by atoms with Crippen LogP contribution < -0.4 is 10.3 Å². The standard InChI is InChI=1S/C15H14N2O3S/c18-15(14-9-5-2-6-10-14)16-17-21(19,20)12-11-13-7-3-1-4-8-13/h1-12,17H,(H,16,18)/b12-11+. The number of hydrogen-bond acceptors (Lipinski definition) is 3. The Labute approximate surface area is 123 Å². The van der Waals surface area contributed by atoms with Crippen LogP contribution in [0.25, 0.3) is 6.08 Å². The third kappa shape index (κ3) is 4.87. The van der Waals surface area contributed by atoms with E-state index in [-0.39, 0.29) is 0 Å². The molecule has 0 unspecified atom stereocenters. The van der Waals surface area contributed by atoms with Crippen molar-refractivity contribution < 1.29 is 13.2 Å². The summed E-state index contributed by atoms with van der Waals surface area (Å²) in [6.45, 7) is 0. The molecule has 0 aliphatic carbocycles. The second kappa shape index (κ2) is 6.83. The molecule has 2 N–H and O–H groups in total. The van der Waals surface area contributed by atoms with E-state index in [9.17, 15) is 13.2 Å². The van der Waals surface area contributed by atoms with Crippen LogP contribution in [0, 0.1) is 0 Å². The summed E-state index contributed by atoms with van der Waals surface area (Å²) >= 11 is 0. The van der Waals surface area contributed by atoms with Crippen molar-refractivity contribution in [2.45, 2.75) is 0 Å². The third-order valence-electron chi connectivity index (χ3n) is 2.58. The fraction of sp³-hybridized carbons (Fsp3) is 0. The molecule has 0 saturated carbocycles. The fourth-order valence-corrected chi connectivity index (χ4v) is 2.18. The maximum absolute atomic E-state index is 11.7. The molecule has 0 fully saturated rings. The van der Waals surface area contributed by atoms with E-state index in [1.807, 2.05) is 10.9 Å². The Morgan fingerprint density at radius 2 is 1.48 bits per heavy atom. The van der Waals surface area contributed by atoms with E-state index >= 15 is 0 Å². The number of rotatable bonds is 5. The highest BCUT2D eigenvalue weighted by Gasteiger charge is 2.09. The van der Waals surface area contributed by atoms with Crippen molar-refractivity contribution >= 4 is 22.0 Å². The molecule has 0 aliphatic rings. The number of carbonyl (C=O) groups is 1. The van der Waals surface area contributed by atoms with Crippen molar-refractivity contribution in [3.8, 4) is 0 Å². The number of nitrogens with one attached hydrogen (secondary N) is 2. The minimum atomic E-state index is -3.75. The summed E-state index contributed by atoms with van der Waals surface area (Å²) in [5.41, 5.74) is 3.26. The molecule has 0 saturated heterocycles. The molecule has 0 heterocycles. The van der Waals surface area contributed by atoms with Crippen LogP contribution in [0.3, 0.4) is 0 Å². The summed E-state index contributed by atoms with van der Waals surface area (Å²) in [6.07, 6.45) is 1.44. The Balaban J connectivity index is 1.96. The topological polar surface area (TPSA) is 75.3 Å². The Bertz CT molecular complexity index is 726. The first-order chi connectivity index (χ1) is 10.1. The van der Waals surface area contributed by atoms with Crippen LogP contribution in [0.2, 0.25) is 0 Å². The van der Waals surface area contributed by atoms with Crippen molar-refractivity contribution in [1.82, 2.24) is 10.3 Å². The number of benzene rings is 2. The van der Waals surface area contributed by atoms with Crippen LogP contribution in [0.5, 0.6) is 0 Å². The van der Waals surface area contributed by atoms with Crippen molar-refractivity contribution in [2.75, 3.05) is 0 Å². The van der Waals surface area contributed by atoms with Crippen LogP contribution in [0.1, 0.15) is 15.9 Å². The molecule has 1 amide bonds. The van der Waals surface area contributed by atoms with Gasteiger partial charge in [-0.05, 0) is 23.8 Å². The van der Waals surface area contributed by atoms with E-state index in [0.717, 1.165) is 11.0 Å². The SMILES string of the molecule is O=C(NNS(=O)(=O)/C=C/c1ccccc1)c1ccccc1. The van der Waals surface area contributed by atoms with Gasteiger partial charge in [0.05, 0.1) is 0 Å². The molecule has 6 heteroatoms. The molecule has 0 aliphatic heterocycles. The lowest BCUT2D eigenvalue weighted by Gasteiger charge is -2.05. The van der Waals surface area contributed by atoms with Gasteiger partial charge >= 0.3 is 0 Å². The summed E-state index contributed by atoms with van der Waals surface area (Å²) in [4.78, 5) is 13.7. The van der Waals surface area contributed by atoms with Gasteiger partial charge in [0.1, 0.15) is 0 Å². The van der Waals surface area contributed by atoms with Gasteiger partial charge in [-0.2, -0.15) is 0 Å². The number of sulfonamides is 1. The third-order valence-corrected chi connectivity index (χ3v) is 3.46. The molecule has 21 heavy (non-hydrogen) atoms. The largest absolute Gasteiger partial charge is 0.274 e. The average Bonchev–Trinajstić information content (AvgIpc) is 2.53. The summed E-state index contributed by atoms with van der Waals surface area (Å²) in [5, 5.41) is 0.994. The molecule has 108 valence electrons. The van der Waals surface area contributed by atoms with Gasteiger partial charge in [0.2, 0.25) is 0 Å². The molecule has 0 aromatic heterocycles. The van der Waals surface area contributed by atoms with Gasteiger partial charge in [-0.25, -0.2) is 8.42 Å². The monoisotopic (exact) mass is 302 g/mol. The fourth-order valence-electron chi connectivity index (χ4n) is 1.55. The quantitative estimate of drug-likeness (QED) is 0.829. The highest BCUT2D eigenvalue weighted by atomic mass is 32.2. The summed E-state index contributed by atoms with van der Waals surface area (Å²) in [7, 11) is -3.75. The first kappa shape index (κ1) is 15.0. The molecular formula is C15H14N2O3S. The Hall–Kier alpha value is -2.44. The second-order valence-corrected chi connectivity index (χ2v) is 5.75. The van der Waals surface area contributed by atoms with E-state index in [1.54, 1.807) is 54.6 Å². The predicted octanol–water partition coefficient (Wildman–Crippen LogP) is 1.92. The molecular weight excluding hydrogens is 288 g/mol. The van der Waals surface area contributed by atoms with Crippen molar-refractivity contribution in [1.29, 1.82) is 0 Å². The maximum atomic E-state index is 11.7. The van der Waals surface area contributed by atoms with Gasteiger partial charge in [-0.15, -0.1) is 4.83 Å². The molecule has 2 aromatic rings. The minimum absolute atomic E-state index is 0.368. The van der Waals surface area contributed by atoms with Gasteiger partial charge < -0.3 is 0 Å². The molecule has 2 rings (SSSR count). The highest BCUT2D eigenvalue weighted by molar-refractivity contribution is 7.92. The zero-order valence-corrected chi connectivity index (χ0v) is 11.9. The molecule has 5 nitrogen and oxygen atoms in total. The van der Waals surface area contributed by atoms with Gasteiger partial charge in [0, 0.05) is 11.0 Å². The van der Waals surface area contributed by atoms with Crippen LogP contribution in [0.4, 0.5) is 0 Å². The lowest BCUT2D eigenvalue weighted by Crippen LogP contribution is -2.40. The first-order valence-corrected chi connectivity index (χ1v) is 7.72. The Morgan fingerprint density at radius 1 is 0.905 bits per heavy atom. The van der Waals surface area contributed by atoms with E-state index in [1.165, 1.54) is 6.08 Å². The summed E-state index contributed by atoms with van der Waals surface area (Å²) < 4.78 is 23.5. The smallest absolute Gasteiger partial charge is 0.266 e. The molecule has 0 bridgehead atoms. The van der Waals surface area contributed by atoms with Gasteiger partial charge in [0.25, 0.3) is 15.9 Å². The Kier molecular flexibility index (Phi) is 4.86. The minimum Gasteiger partial charge on any atom is -0.274 e. The van der Waals surface area contributed by atoms with E-state index in [4.69, 9.17) is 0 Å². The molecule has 0 radical (unpaired) electrons. The second-order valence-electron chi connectivity index (χ2n) is 4.18. The number of carbonyl (C=O) groups excluding carboxylic acids is 1. The average molecular weight is 302 g/mol. The zero-order valence-electron chi connectivity index (χ0n) is 11.1. The van der Waals surface area contributed by atoms with Crippen LogP contribution in [0.15, 0.2) is 66.1 Å². The summed E-state index contributed by atoms with van der Waals surface area (Å²) in [6, 6.07) is 17.3. The molecule has 2 aromatic carbocycles. The van der Waals surface area contributed by atoms with Gasteiger partial charge in [-0.3, -0.25) is 10.2 Å². The van der Waals surface area contributed by atoms with E-state index in [2.05, 4.69) is 5.43 Å².